The van der Waals surface area contributed by atoms with Crippen LogP contribution in [-0.2, 0) is 9.47 Å². The first-order valence-corrected chi connectivity index (χ1v) is 5.23. The summed E-state index contributed by atoms with van der Waals surface area (Å²) in [5.74, 6) is -0.426. The summed E-state index contributed by atoms with van der Waals surface area (Å²) >= 11 is 5.77. The molecular weight excluding hydrogens is 230 g/mol. The molecule has 2 N–H and O–H groups in total. The first-order valence-electron chi connectivity index (χ1n) is 4.85. The molecule has 0 fully saturated rings. The molecular formula is C11H14ClNO3. The number of benzene rings is 1. The van der Waals surface area contributed by atoms with E-state index in [0.29, 0.717) is 35.9 Å². The van der Waals surface area contributed by atoms with Crippen LogP contribution in [0.2, 0.25) is 5.02 Å². The van der Waals surface area contributed by atoms with Crippen molar-refractivity contribution in [3.8, 4) is 0 Å². The zero-order chi connectivity index (χ0) is 12.0. The fraction of sp³-hybridized carbons (Fsp3) is 0.364. The van der Waals surface area contributed by atoms with Gasteiger partial charge in [0.1, 0.15) is 0 Å². The summed E-state index contributed by atoms with van der Waals surface area (Å²) in [5.41, 5.74) is 6.37. The van der Waals surface area contributed by atoms with Crippen molar-refractivity contribution in [1.82, 2.24) is 0 Å². The number of hydrogen-bond acceptors (Lipinski definition) is 4. The van der Waals surface area contributed by atoms with E-state index in [4.69, 9.17) is 26.8 Å². The molecule has 1 aromatic carbocycles. The number of anilines is 1. The minimum Gasteiger partial charge on any atom is -0.462 e. The molecule has 0 amide bonds. The number of esters is 1. The van der Waals surface area contributed by atoms with E-state index in [9.17, 15) is 4.79 Å². The number of halogens is 1. The molecule has 0 aliphatic rings. The Labute approximate surface area is 99.3 Å². The van der Waals surface area contributed by atoms with E-state index in [1.807, 2.05) is 0 Å². The lowest BCUT2D eigenvalue weighted by atomic mass is 10.2. The van der Waals surface area contributed by atoms with Crippen molar-refractivity contribution in [2.45, 2.75) is 6.42 Å². The van der Waals surface area contributed by atoms with Gasteiger partial charge in [-0.25, -0.2) is 4.79 Å². The number of rotatable bonds is 5. The minimum atomic E-state index is -0.426. The fourth-order valence-electron chi connectivity index (χ4n) is 1.18. The van der Waals surface area contributed by atoms with Crippen LogP contribution in [0.5, 0.6) is 0 Å². The fourth-order valence-corrected chi connectivity index (χ4v) is 1.43. The Morgan fingerprint density at radius 3 is 2.75 bits per heavy atom. The first kappa shape index (κ1) is 12.8. The molecule has 0 saturated carbocycles. The molecule has 0 atom stereocenters. The second-order valence-electron chi connectivity index (χ2n) is 3.26. The molecule has 0 saturated heterocycles. The lowest BCUT2D eigenvalue weighted by Crippen LogP contribution is -2.08. The number of methoxy groups -OCH3 is 1. The van der Waals surface area contributed by atoms with Crippen LogP contribution in [0.15, 0.2) is 18.2 Å². The number of carbonyl (C=O) groups excluding carboxylic acids is 1. The highest BCUT2D eigenvalue weighted by Crippen LogP contribution is 2.17. The molecule has 0 unspecified atom stereocenters. The van der Waals surface area contributed by atoms with Crippen LogP contribution in [0, 0.1) is 0 Å². The van der Waals surface area contributed by atoms with E-state index in [-0.39, 0.29) is 0 Å². The number of nitrogens with two attached hydrogens (primary N) is 1. The number of nitrogen functional groups attached to an aromatic ring is 1. The van der Waals surface area contributed by atoms with Gasteiger partial charge in [-0.15, -0.1) is 0 Å². The van der Waals surface area contributed by atoms with Gasteiger partial charge < -0.3 is 15.2 Å². The normalized spacial score (nSPS) is 10.1. The van der Waals surface area contributed by atoms with Crippen LogP contribution in [0.25, 0.3) is 0 Å². The van der Waals surface area contributed by atoms with Gasteiger partial charge in [0.2, 0.25) is 0 Å². The van der Waals surface area contributed by atoms with Crippen molar-refractivity contribution in [3.05, 3.63) is 28.8 Å². The van der Waals surface area contributed by atoms with E-state index in [0.717, 1.165) is 0 Å². The largest absolute Gasteiger partial charge is 0.462 e. The molecule has 0 aromatic heterocycles. The third-order valence-corrected chi connectivity index (χ3v) is 2.10. The second-order valence-corrected chi connectivity index (χ2v) is 3.69. The van der Waals surface area contributed by atoms with Crippen molar-refractivity contribution >= 4 is 23.3 Å². The Hall–Kier alpha value is -1.26. The van der Waals surface area contributed by atoms with Gasteiger partial charge in [-0.05, 0) is 18.2 Å². The van der Waals surface area contributed by atoms with Crippen molar-refractivity contribution in [1.29, 1.82) is 0 Å². The highest BCUT2D eigenvalue weighted by molar-refractivity contribution is 6.31. The third-order valence-electron chi connectivity index (χ3n) is 1.88. The van der Waals surface area contributed by atoms with Gasteiger partial charge in [0.25, 0.3) is 0 Å². The van der Waals surface area contributed by atoms with Crippen molar-refractivity contribution < 1.29 is 14.3 Å². The van der Waals surface area contributed by atoms with Gasteiger partial charge in [0, 0.05) is 30.8 Å². The summed E-state index contributed by atoms with van der Waals surface area (Å²) in [6.45, 7) is 0.879. The second kappa shape index (κ2) is 6.35. The van der Waals surface area contributed by atoms with Crippen LogP contribution in [-0.4, -0.2) is 26.3 Å². The molecule has 4 nitrogen and oxygen atoms in total. The van der Waals surface area contributed by atoms with E-state index in [2.05, 4.69) is 0 Å². The van der Waals surface area contributed by atoms with Gasteiger partial charge in [-0.1, -0.05) is 11.6 Å². The van der Waals surface area contributed by atoms with Crippen LogP contribution in [0.1, 0.15) is 16.8 Å². The van der Waals surface area contributed by atoms with E-state index >= 15 is 0 Å². The molecule has 0 aliphatic heterocycles. The van der Waals surface area contributed by atoms with Crippen LogP contribution >= 0.6 is 11.6 Å². The molecule has 1 aromatic rings. The molecule has 0 aliphatic carbocycles. The molecule has 16 heavy (non-hydrogen) atoms. The maximum atomic E-state index is 11.5. The Bertz CT molecular complexity index is 348. The minimum absolute atomic E-state index is 0.319. The van der Waals surface area contributed by atoms with Crippen LogP contribution < -0.4 is 5.73 Å². The average Bonchev–Trinajstić information content (AvgIpc) is 2.22. The molecule has 5 heteroatoms. The highest BCUT2D eigenvalue weighted by Gasteiger charge is 2.08. The van der Waals surface area contributed by atoms with Gasteiger partial charge in [-0.2, -0.15) is 0 Å². The molecule has 0 bridgehead atoms. The predicted molar refractivity (Wildman–Crippen MR) is 62.6 cm³/mol. The summed E-state index contributed by atoms with van der Waals surface area (Å²) in [6, 6.07) is 4.63. The summed E-state index contributed by atoms with van der Waals surface area (Å²) in [6.07, 6.45) is 0.665. The van der Waals surface area contributed by atoms with Crippen LogP contribution in [0.3, 0.4) is 0 Å². The summed E-state index contributed by atoms with van der Waals surface area (Å²) in [5, 5.41) is 0.420. The first-order chi connectivity index (χ1) is 7.63. The van der Waals surface area contributed by atoms with E-state index in [1.165, 1.54) is 12.1 Å². The number of carbonyl (C=O) groups is 1. The monoisotopic (exact) mass is 243 g/mol. The van der Waals surface area contributed by atoms with Gasteiger partial charge in [0.05, 0.1) is 12.2 Å². The SMILES string of the molecule is COCCCOC(=O)c1cc(N)cc(Cl)c1. The zero-order valence-corrected chi connectivity index (χ0v) is 9.79. The predicted octanol–water partition coefficient (Wildman–Crippen LogP) is 2.12. The van der Waals surface area contributed by atoms with Crippen molar-refractivity contribution in [2.75, 3.05) is 26.1 Å². The van der Waals surface area contributed by atoms with E-state index in [1.54, 1.807) is 13.2 Å². The molecule has 0 spiro atoms. The summed E-state index contributed by atoms with van der Waals surface area (Å²) in [4.78, 5) is 11.5. The lowest BCUT2D eigenvalue weighted by molar-refractivity contribution is 0.0468. The molecule has 1 rings (SSSR count). The molecule has 88 valence electrons. The topological polar surface area (TPSA) is 61.5 Å². The summed E-state index contributed by atoms with van der Waals surface area (Å²) in [7, 11) is 1.60. The molecule has 0 radical (unpaired) electrons. The maximum Gasteiger partial charge on any atom is 0.338 e. The quantitative estimate of drug-likeness (QED) is 0.489. The average molecular weight is 244 g/mol. The number of hydrogen-bond donors (Lipinski definition) is 1. The molecule has 0 heterocycles. The van der Waals surface area contributed by atoms with E-state index < -0.39 is 5.97 Å². The Morgan fingerprint density at radius 2 is 2.12 bits per heavy atom. The summed E-state index contributed by atoms with van der Waals surface area (Å²) < 4.78 is 9.84. The Balaban J connectivity index is 2.52. The third kappa shape index (κ3) is 4.08. The van der Waals surface area contributed by atoms with Crippen molar-refractivity contribution in [3.63, 3.8) is 0 Å². The highest BCUT2D eigenvalue weighted by atomic mass is 35.5. The van der Waals surface area contributed by atoms with Gasteiger partial charge in [0.15, 0.2) is 0 Å². The lowest BCUT2D eigenvalue weighted by Gasteiger charge is -2.05. The smallest absolute Gasteiger partial charge is 0.338 e. The number of ether oxygens (including phenoxy) is 2. The van der Waals surface area contributed by atoms with Crippen molar-refractivity contribution in [2.24, 2.45) is 0 Å². The Kier molecular flexibility index (Phi) is 5.08. The zero-order valence-electron chi connectivity index (χ0n) is 9.03. The standard InChI is InChI=1S/C11H14ClNO3/c1-15-3-2-4-16-11(14)8-5-9(12)7-10(13)6-8/h5-7H,2-4,13H2,1H3. The van der Waals surface area contributed by atoms with Gasteiger partial charge >= 0.3 is 5.97 Å². The van der Waals surface area contributed by atoms with Gasteiger partial charge in [-0.3, -0.25) is 0 Å². The maximum absolute atomic E-state index is 11.5. The Morgan fingerprint density at radius 1 is 1.38 bits per heavy atom. The van der Waals surface area contributed by atoms with Crippen LogP contribution in [0.4, 0.5) is 5.69 Å².